The van der Waals surface area contributed by atoms with Crippen molar-refractivity contribution >= 4 is 35.6 Å². The number of nitrogens with zero attached hydrogens (tertiary/aromatic N) is 1. The third-order valence-electron chi connectivity index (χ3n) is 4.94. The summed E-state index contributed by atoms with van der Waals surface area (Å²) in [5, 5.41) is 43.2. The van der Waals surface area contributed by atoms with E-state index in [0.717, 1.165) is 6.92 Å². The van der Waals surface area contributed by atoms with Crippen LogP contribution in [-0.2, 0) is 35.2 Å². The second-order valence-corrected chi connectivity index (χ2v) is 7.94. The number of rotatable bonds is 16. The molecular formula is C20H30N6O10. The molecule has 16 nitrogen and oxygen atoms in total. The maximum absolute atomic E-state index is 12.9. The van der Waals surface area contributed by atoms with Gasteiger partial charge in [0.05, 0.1) is 18.5 Å². The minimum atomic E-state index is -1.75. The third-order valence-corrected chi connectivity index (χ3v) is 4.94. The van der Waals surface area contributed by atoms with Gasteiger partial charge in [0, 0.05) is 31.2 Å². The molecule has 1 rings (SSSR count). The molecule has 0 aliphatic carbocycles. The van der Waals surface area contributed by atoms with Gasteiger partial charge in [-0.2, -0.15) is 0 Å². The number of carboxylic acids is 3. The molecule has 36 heavy (non-hydrogen) atoms. The average molecular weight is 514 g/mol. The van der Waals surface area contributed by atoms with E-state index in [-0.39, 0.29) is 12.8 Å². The Morgan fingerprint density at radius 3 is 1.83 bits per heavy atom. The molecule has 0 fully saturated rings. The number of hydrogen-bond acceptors (Lipinski definition) is 9. The maximum Gasteiger partial charge on any atom is 0.328 e. The van der Waals surface area contributed by atoms with Crippen molar-refractivity contribution in [2.24, 2.45) is 5.73 Å². The number of aromatic nitrogens is 2. The molecule has 10 N–H and O–H groups in total. The van der Waals surface area contributed by atoms with Gasteiger partial charge in [0.15, 0.2) is 6.04 Å². The summed E-state index contributed by atoms with van der Waals surface area (Å²) in [5.74, 6) is -7.08. The van der Waals surface area contributed by atoms with Crippen LogP contribution in [0, 0.1) is 0 Å². The lowest BCUT2D eigenvalue weighted by Crippen LogP contribution is -2.58. The first-order valence-corrected chi connectivity index (χ1v) is 10.8. The van der Waals surface area contributed by atoms with Crippen molar-refractivity contribution in [1.82, 2.24) is 25.9 Å². The van der Waals surface area contributed by atoms with Crippen LogP contribution in [0.25, 0.3) is 0 Å². The summed E-state index contributed by atoms with van der Waals surface area (Å²) in [7, 11) is 0. The zero-order valence-electron chi connectivity index (χ0n) is 19.3. The Bertz CT molecular complexity index is 935. The number of amides is 3. The van der Waals surface area contributed by atoms with Crippen molar-refractivity contribution in [2.75, 3.05) is 0 Å². The number of nitrogens with one attached hydrogen (secondary N) is 4. The Balaban J connectivity index is 3.01. The number of H-pyrrole nitrogens is 1. The Morgan fingerprint density at radius 1 is 0.917 bits per heavy atom. The quantitative estimate of drug-likeness (QED) is 0.106. The van der Waals surface area contributed by atoms with Crippen molar-refractivity contribution in [3.8, 4) is 0 Å². The molecule has 0 aliphatic rings. The number of aromatic amines is 1. The molecule has 0 aromatic carbocycles. The number of carbonyl (C=O) groups excluding carboxylic acids is 3. The Morgan fingerprint density at radius 2 is 1.42 bits per heavy atom. The molecule has 5 unspecified atom stereocenters. The summed E-state index contributed by atoms with van der Waals surface area (Å²) < 4.78 is 0. The van der Waals surface area contributed by atoms with Gasteiger partial charge in [-0.15, -0.1) is 0 Å². The molecule has 5 atom stereocenters. The highest BCUT2D eigenvalue weighted by Crippen LogP contribution is 2.06. The molecule has 0 aliphatic heterocycles. The smallest absolute Gasteiger partial charge is 0.328 e. The maximum atomic E-state index is 12.9. The number of imidazole rings is 1. The predicted molar refractivity (Wildman–Crippen MR) is 119 cm³/mol. The van der Waals surface area contributed by atoms with Crippen LogP contribution < -0.4 is 21.7 Å². The summed E-state index contributed by atoms with van der Waals surface area (Å²) in [6.45, 7) is 1.11. The Labute approximate surface area is 204 Å². The summed E-state index contributed by atoms with van der Waals surface area (Å²) in [6, 6.07) is -5.92. The second kappa shape index (κ2) is 14.4. The van der Waals surface area contributed by atoms with E-state index in [1.54, 1.807) is 0 Å². The van der Waals surface area contributed by atoms with Crippen LogP contribution in [0.5, 0.6) is 0 Å². The number of aliphatic hydroxyl groups is 1. The van der Waals surface area contributed by atoms with E-state index in [0.29, 0.717) is 5.69 Å². The molecule has 0 saturated heterocycles. The lowest BCUT2D eigenvalue weighted by Gasteiger charge is -2.25. The highest BCUT2D eigenvalue weighted by atomic mass is 16.4. The fraction of sp³-hybridized carbons (Fsp3) is 0.550. The molecule has 0 saturated carbocycles. The number of hydrogen-bond donors (Lipinski definition) is 9. The van der Waals surface area contributed by atoms with Crippen LogP contribution in [-0.4, -0.2) is 96.3 Å². The first kappa shape index (κ1) is 30.0. The number of nitrogens with two attached hydrogens (primary N) is 1. The van der Waals surface area contributed by atoms with E-state index in [1.165, 1.54) is 12.5 Å². The average Bonchev–Trinajstić information content (AvgIpc) is 3.29. The molecule has 0 radical (unpaired) electrons. The fourth-order valence-electron chi connectivity index (χ4n) is 2.99. The highest BCUT2D eigenvalue weighted by Gasteiger charge is 2.32. The molecule has 0 spiro atoms. The van der Waals surface area contributed by atoms with Gasteiger partial charge in [0.1, 0.15) is 12.1 Å². The minimum absolute atomic E-state index is 0.0265. The van der Waals surface area contributed by atoms with E-state index in [1.807, 2.05) is 5.32 Å². The molecule has 0 bridgehead atoms. The summed E-state index contributed by atoms with van der Waals surface area (Å²) in [5.41, 5.74) is 6.37. The van der Waals surface area contributed by atoms with Gasteiger partial charge in [-0.25, -0.2) is 9.78 Å². The van der Waals surface area contributed by atoms with Crippen LogP contribution >= 0.6 is 0 Å². The van der Waals surface area contributed by atoms with Crippen LogP contribution in [0.4, 0.5) is 0 Å². The summed E-state index contributed by atoms with van der Waals surface area (Å²) >= 11 is 0. The van der Waals surface area contributed by atoms with Crippen LogP contribution in [0.3, 0.4) is 0 Å². The van der Waals surface area contributed by atoms with Gasteiger partial charge in [-0.1, -0.05) is 0 Å². The van der Waals surface area contributed by atoms with Gasteiger partial charge in [0.25, 0.3) is 0 Å². The molecule has 200 valence electrons. The van der Waals surface area contributed by atoms with Gasteiger partial charge in [0.2, 0.25) is 17.7 Å². The van der Waals surface area contributed by atoms with Gasteiger partial charge in [-0.3, -0.25) is 24.0 Å². The summed E-state index contributed by atoms with van der Waals surface area (Å²) in [4.78, 5) is 77.8. The normalized spacial score (nSPS) is 15.0. The number of carbonyl (C=O) groups is 6. The largest absolute Gasteiger partial charge is 0.481 e. The summed E-state index contributed by atoms with van der Waals surface area (Å²) in [6.07, 6.45) is -0.654. The molecular weight excluding hydrogens is 484 g/mol. The van der Waals surface area contributed by atoms with Gasteiger partial charge < -0.3 is 47.1 Å². The van der Waals surface area contributed by atoms with Gasteiger partial charge >= 0.3 is 17.9 Å². The minimum Gasteiger partial charge on any atom is -0.481 e. The second-order valence-electron chi connectivity index (χ2n) is 7.94. The van der Waals surface area contributed by atoms with Crippen LogP contribution in [0.1, 0.15) is 38.3 Å². The van der Waals surface area contributed by atoms with E-state index in [2.05, 4.69) is 20.6 Å². The highest BCUT2D eigenvalue weighted by molar-refractivity contribution is 5.94. The standard InChI is InChI=1S/C20H30N6O10/c1-9(27)16(20(35)36)26-19(34)13(3-5-15(30)31)25-18(33)12(2-4-14(28)29)24-17(32)11(21)6-10-7-22-8-23-10/h7-9,11-13,16,27H,2-6,21H2,1H3,(H,22,23)(H,24,32)(H,25,33)(H,26,34)(H,28,29)(H,30,31)(H,35,36). The van der Waals surface area contributed by atoms with E-state index >= 15 is 0 Å². The predicted octanol–water partition coefficient (Wildman–Crippen LogP) is -3.07. The van der Waals surface area contributed by atoms with Gasteiger partial charge in [-0.05, 0) is 19.8 Å². The van der Waals surface area contributed by atoms with Crippen LogP contribution in [0.2, 0.25) is 0 Å². The van der Waals surface area contributed by atoms with E-state index in [9.17, 15) is 33.9 Å². The van der Waals surface area contributed by atoms with Crippen molar-refractivity contribution in [3.05, 3.63) is 18.2 Å². The zero-order valence-corrected chi connectivity index (χ0v) is 19.3. The van der Waals surface area contributed by atoms with E-state index in [4.69, 9.17) is 21.1 Å². The van der Waals surface area contributed by atoms with Crippen molar-refractivity contribution < 1.29 is 49.2 Å². The molecule has 1 aromatic heterocycles. The van der Waals surface area contributed by atoms with E-state index < -0.39 is 85.2 Å². The van der Waals surface area contributed by atoms with Crippen LogP contribution in [0.15, 0.2) is 12.5 Å². The van der Waals surface area contributed by atoms with Crippen molar-refractivity contribution in [3.63, 3.8) is 0 Å². The lowest BCUT2D eigenvalue weighted by molar-refractivity contribution is -0.145. The fourth-order valence-corrected chi connectivity index (χ4v) is 2.99. The third kappa shape index (κ3) is 10.5. The lowest BCUT2D eigenvalue weighted by atomic mass is 10.1. The molecule has 1 heterocycles. The first-order valence-electron chi connectivity index (χ1n) is 10.8. The number of aliphatic carboxylic acids is 3. The Kier molecular flexibility index (Phi) is 12.0. The number of aliphatic hydroxyl groups excluding tert-OH is 1. The van der Waals surface area contributed by atoms with Crippen molar-refractivity contribution in [2.45, 2.75) is 69.3 Å². The molecule has 16 heteroatoms. The number of carboxylic acid groups (broad SMARTS) is 3. The Hall–Kier alpha value is -4.05. The SMILES string of the molecule is CC(O)C(NC(=O)C(CCC(=O)O)NC(=O)C(CCC(=O)O)NC(=O)C(N)Cc1cnc[nH]1)C(=O)O. The monoisotopic (exact) mass is 514 g/mol. The topological polar surface area (TPSA) is 274 Å². The zero-order chi connectivity index (χ0) is 27.4. The van der Waals surface area contributed by atoms with Crippen molar-refractivity contribution in [1.29, 1.82) is 0 Å². The first-order chi connectivity index (χ1) is 16.8. The molecule has 1 aromatic rings. The molecule has 3 amide bonds.